The van der Waals surface area contributed by atoms with E-state index in [1.807, 2.05) is 0 Å². The maximum absolute atomic E-state index is 8.70. The molecule has 2 nitrogen and oxygen atoms in total. The van der Waals surface area contributed by atoms with Gasteiger partial charge < -0.3 is 5.11 Å². The lowest BCUT2D eigenvalue weighted by atomic mass is 10.4. The summed E-state index contributed by atoms with van der Waals surface area (Å²) in [4.78, 5) is 0. The van der Waals surface area contributed by atoms with Gasteiger partial charge in [-0.1, -0.05) is 0 Å². The van der Waals surface area contributed by atoms with Gasteiger partial charge in [0.05, 0.1) is 0 Å². The molecule has 0 aromatic heterocycles. The number of hydrogen-bond donors (Lipinski definition) is 3. The van der Waals surface area contributed by atoms with E-state index in [4.69, 9.17) is 5.11 Å². The van der Waals surface area contributed by atoms with E-state index >= 15 is 0 Å². The van der Waals surface area contributed by atoms with E-state index in [-0.39, 0.29) is 6.23 Å². The highest BCUT2D eigenvalue weighted by molar-refractivity contribution is 7.80. The number of rotatable bonds is 3. The first-order chi connectivity index (χ1) is 3.31. The lowest BCUT2D eigenvalue weighted by molar-refractivity contribution is 0.144. The van der Waals surface area contributed by atoms with E-state index in [1.54, 1.807) is 7.05 Å². The zero-order chi connectivity index (χ0) is 5.70. The van der Waals surface area contributed by atoms with Gasteiger partial charge in [0.25, 0.3) is 0 Å². The summed E-state index contributed by atoms with van der Waals surface area (Å²) in [6.07, 6.45) is 0.331. The van der Waals surface area contributed by atoms with Crippen molar-refractivity contribution in [1.82, 2.24) is 5.32 Å². The third-order valence-corrected chi connectivity index (χ3v) is 0.994. The zero-order valence-corrected chi connectivity index (χ0v) is 5.28. The highest BCUT2D eigenvalue weighted by atomic mass is 32.1. The monoisotopic (exact) mass is 121 g/mol. The van der Waals surface area contributed by atoms with Crippen molar-refractivity contribution in [2.75, 3.05) is 12.8 Å². The molecule has 0 fully saturated rings. The van der Waals surface area contributed by atoms with Crippen LogP contribution in [0.15, 0.2) is 0 Å². The van der Waals surface area contributed by atoms with Crippen LogP contribution in [-0.2, 0) is 0 Å². The molecule has 0 bridgehead atoms. The molecule has 7 heavy (non-hydrogen) atoms. The van der Waals surface area contributed by atoms with Crippen LogP contribution in [0.5, 0.6) is 0 Å². The summed E-state index contributed by atoms with van der Waals surface area (Å²) in [5.41, 5.74) is 0. The Hall–Kier alpha value is 0.270. The second-order valence-corrected chi connectivity index (χ2v) is 1.76. The lowest BCUT2D eigenvalue weighted by Crippen LogP contribution is -2.24. The molecule has 2 N–H and O–H groups in total. The molecule has 0 aromatic carbocycles. The average Bonchev–Trinajstić information content (AvgIpc) is 1.68. The van der Waals surface area contributed by atoms with Gasteiger partial charge in [0.15, 0.2) is 0 Å². The van der Waals surface area contributed by atoms with E-state index in [2.05, 4.69) is 17.9 Å². The number of nitrogens with one attached hydrogen (secondary N) is 1. The predicted molar refractivity (Wildman–Crippen MR) is 33.5 cm³/mol. The summed E-state index contributed by atoms with van der Waals surface area (Å²) in [6.45, 7) is 0. The van der Waals surface area contributed by atoms with Gasteiger partial charge in [-0.05, 0) is 19.2 Å². The van der Waals surface area contributed by atoms with Crippen molar-refractivity contribution in [3.05, 3.63) is 0 Å². The van der Waals surface area contributed by atoms with E-state index in [0.29, 0.717) is 6.42 Å². The van der Waals surface area contributed by atoms with E-state index in [9.17, 15) is 0 Å². The second-order valence-electron chi connectivity index (χ2n) is 1.32. The van der Waals surface area contributed by atoms with Gasteiger partial charge in [0.1, 0.15) is 6.23 Å². The maximum Gasteiger partial charge on any atom is 0.105 e. The summed E-state index contributed by atoms with van der Waals surface area (Å²) < 4.78 is 0. The second kappa shape index (κ2) is 4.43. The van der Waals surface area contributed by atoms with Crippen molar-refractivity contribution in [2.24, 2.45) is 0 Å². The van der Waals surface area contributed by atoms with E-state index < -0.39 is 0 Å². The molecule has 1 unspecified atom stereocenters. The molecule has 0 aromatic rings. The van der Waals surface area contributed by atoms with Crippen molar-refractivity contribution in [3.8, 4) is 0 Å². The smallest absolute Gasteiger partial charge is 0.105 e. The first-order valence-electron chi connectivity index (χ1n) is 2.27. The normalized spacial score (nSPS) is 14.1. The summed E-state index contributed by atoms with van der Waals surface area (Å²) in [6, 6.07) is 0. The standard InChI is InChI=1S/C4H11NOS/c1-5-4(6)2-3-7/h4-7H,2-3H2,1H3. The summed E-state index contributed by atoms with van der Waals surface area (Å²) in [5, 5.41) is 11.4. The first kappa shape index (κ1) is 7.27. The Labute approximate surface area is 49.3 Å². The van der Waals surface area contributed by atoms with Gasteiger partial charge in [0, 0.05) is 0 Å². The van der Waals surface area contributed by atoms with Crippen LogP contribution in [0.1, 0.15) is 6.42 Å². The predicted octanol–water partition coefficient (Wildman–Crippen LogP) is -0.156. The topological polar surface area (TPSA) is 32.3 Å². The van der Waals surface area contributed by atoms with Crippen LogP contribution < -0.4 is 5.32 Å². The van der Waals surface area contributed by atoms with Crippen LogP contribution in [0.3, 0.4) is 0 Å². The fourth-order valence-corrected chi connectivity index (χ4v) is 0.511. The van der Waals surface area contributed by atoms with Crippen molar-refractivity contribution in [2.45, 2.75) is 12.6 Å². The van der Waals surface area contributed by atoms with Crippen LogP contribution in [0.25, 0.3) is 0 Å². The van der Waals surface area contributed by atoms with Crippen molar-refractivity contribution >= 4 is 12.6 Å². The molecule has 0 aliphatic carbocycles. The minimum atomic E-state index is -0.377. The molecule has 0 heterocycles. The summed E-state index contributed by atoms with van der Waals surface area (Å²) >= 11 is 3.91. The lowest BCUT2D eigenvalue weighted by Gasteiger charge is -2.03. The quantitative estimate of drug-likeness (QED) is 0.358. The average molecular weight is 121 g/mol. The van der Waals surface area contributed by atoms with Crippen molar-refractivity contribution in [1.29, 1.82) is 0 Å². The molecule has 0 amide bonds. The molecule has 0 rings (SSSR count). The van der Waals surface area contributed by atoms with E-state index in [1.165, 1.54) is 0 Å². The third-order valence-electron chi connectivity index (χ3n) is 0.736. The minimum absolute atomic E-state index is 0.377. The molecular weight excluding hydrogens is 110 g/mol. The third kappa shape index (κ3) is 4.12. The molecule has 0 aliphatic heterocycles. The summed E-state index contributed by atoms with van der Waals surface area (Å²) in [7, 11) is 1.72. The highest BCUT2D eigenvalue weighted by Crippen LogP contribution is 1.86. The number of thiol groups is 1. The van der Waals surface area contributed by atoms with Crippen LogP contribution in [-0.4, -0.2) is 24.1 Å². The molecule has 0 radical (unpaired) electrons. The molecule has 3 heteroatoms. The van der Waals surface area contributed by atoms with Gasteiger partial charge in [-0.3, -0.25) is 5.32 Å². The molecule has 44 valence electrons. The van der Waals surface area contributed by atoms with Gasteiger partial charge in [-0.15, -0.1) is 0 Å². The largest absolute Gasteiger partial charge is 0.379 e. The Morgan fingerprint density at radius 2 is 2.43 bits per heavy atom. The highest BCUT2D eigenvalue weighted by Gasteiger charge is 1.93. The van der Waals surface area contributed by atoms with Crippen LogP contribution in [0.2, 0.25) is 0 Å². The molecule has 0 aliphatic rings. The first-order valence-corrected chi connectivity index (χ1v) is 2.90. The van der Waals surface area contributed by atoms with Crippen LogP contribution in [0.4, 0.5) is 0 Å². The Bertz CT molecular complexity index is 42.7. The Kier molecular flexibility index (Phi) is 4.60. The number of hydrogen-bond acceptors (Lipinski definition) is 3. The van der Waals surface area contributed by atoms with Gasteiger partial charge in [-0.2, -0.15) is 12.6 Å². The molecular formula is C4H11NOS. The van der Waals surface area contributed by atoms with Gasteiger partial charge in [-0.25, -0.2) is 0 Å². The van der Waals surface area contributed by atoms with Crippen LogP contribution in [0, 0.1) is 0 Å². The number of aliphatic hydroxyl groups is 1. The zero-order valence-electron chi connectivity index (χ0n) is 4.39. The summed E-state index contributed by atoms with van der Waals surface area (Å²) in [5.74, 6) is 0.724. The number of aliphatic hydroxyl groups excluding tert-OH is 1. The molecule has 0 saturated heterocycles. The molecule has 0 saturated carbocycles. The Morgan fingerprint density at radius 1 is 1.86 bits per heavy atom. The maximum atomic E-state index is 8.70. The van der Waals surface area contributed by atoms with Gasteiger partial charge in [0.2, 0.25) is 0 Å². The van der Waals surface area contributed by atoms with Crippen molar-refractivity contribution < 1.29 is 5.11 Å². The Balaban J connectivity index is 2.83. The Morgan fingerprint density at radius 3 is 2.57 bits per heavy atom. The van der Waals surface area contributed by atoms with Crippen molar-refractivity contribution in [3.63, 3.8) is 0 Å². The molecule has 1 atom stereocenters. The molecule has 0 spiro atoms. The van der Waals surface area contributed by atoms with Crippen LogP contribution >= 0.6 is 12.6 Å². The SMILES string of the molecule is CNC(O)CCS. The fraction of sp³-hybridized carbons (Fsp3) is 1.00. The fourth-order valence-electron chi connectivity index (χ4n) is 0.267. The van der Waals surface area contributed by atoms with E-state index in [0.717, 1.165) is 5.75 Å². The van der Waals surface area contributed by atoms with Gasteiger partial charge >= 0.3 is 0 Å². The minimum Gasteiger partial charge on any atom is -0.379 e.